The zero-order valence-electron chi connectivity index (χ0n) is 11.5. The molecular formula is C16H12F2N2O2. The maximum atomic E-state index is 13.4. The Morgan fingerprint density at radius 2 is 1.77 bits per heavy atom. The molecule has 0 aromatic heterocycles. The summed E-state index contributed by atoms with van der Waals surface area (Å²) in [5.41, 5.74) is 1.89. The van der Waals surface area contributed by atoms with Crippen LogP contribution >= 0.6 is 0 Å². The third-order valence-electron chi connectivity index (χ3n) is 2.88. The van der Waals surface area contributed by atoms with Gasteiger partial charge in [0.15, 0.2) is 11.6 Å². The molecule has 0 unspecified atom stereocenters. The lowest BCUT2D eigenvalue weighted by Gasteiger charge is -2.07. The molecule has 0 aliphatic heterocycles. The fourth-order valence-corrected chi connectivity index (χ4v) is 1.81. The molecule has 1 N–H and O–H groups in total. The minimum absolute atomic E-state index is 0.105. The van der Waals surface area contributed by atoms with Gasteiger partial charge in [0.2, 0.25) is 0 Å². The predicted molar refractivity (Wildman–Crippen MR) is 76.9 cm³/mol. The highest BCUT2D eigenvalue weighted by atomic mass is 19.2. The van der Waals surface area contributed by atoms with Crippen molar-refractivity contribution in [1.29, 1.82) is 0 Å². The standard InChI is InChI=1S/C16H12F2N2O2/c1-19-10-22-20-16(12-4-2-11(9-21)3-5-12)13-6-7-14(17)15(18)8-13/h2-8,21H,9-10H2. The maximum absolute atomic E-state index is 13.4. The minimum atomic E-state index is -0.998. The first-order valence-electron chi connectivity index (χ1n) is 6.34. The summed E-state index contributed by atoms with van der Waals surface area (Å²) in [6.07, 6.45) is 0. The van der Waals surface area contributed by atoms with E-state index in [-0.39, 0.29) is 19.0 Å². The summed E-state index contributed by atoms with van der Waals surface area (Å²) in [6.45, 7) is 6.28. The normalized spacial score (nSPS) is 11.1. The summed E-state index contributed by atoms with van der Waals surface area (Å²) in [5, 5.41) is 12.9. The first-order valence-corrected chi connectivity index (χ1v) is 6.34. The second kappa shape index (κ2) is 7.29. The molecule has 112 valence electrons. The highest BCUT2D eigenvalue weighted by Gasteiger charge is 2.12. The summed E-state index contributed by atoms with van der Waals surface area (Å²) in [4.78, 5) is 7.86. The monoisotopic (exact) mass is 302 g/mol. The van der Waals surface area contributed by atoms with Crippen molar-refractivity contribution in [2.45, 2.75) is 6.61 Å². The van der Waals surface area contributed by atoms with Crippen LogP contribution < -0.4 is 0 Å². The number of hydrogen-bond acceptors (Lipinski definition) is 3. The lowest BCUT2D eigenvalue weighted by Crippen LogP contribution is -2.06. The van der Waals surface area contributed by atoms with E-state index < -0.39 is 11.6 Å². The van der Waals surface area contributed by atoms with Crippen molar-refractivity contribution in [3.63, 3.8) is 0 Å². The van der Waals surface area contributed by atoms with Gasteiger partial charge in [-0.15, -0.1) is 0 Å². The smallest absolute Gasteiger partial charge is 0.378 e. The highest BCUT2D eigenvalue weighted by Crippen LogP contribution is 2.16. The zero-order valence-corrected chi connectivity index (χ0v) is 11.5. The molecule has 2 rings (SSSR count). The van der Waals surface area contributed by atoms with Gasteiger partial charge in [-0.1, -0.05) is 29.4 Å². The van der Waals surface area contributed by atoms with Gasteiger partial charge in [0, 0.05) is 11.1 Å². The average molecular weight is 302 g/mol. The van der Waals surface area contributed by atoms with Crippen molar-refractivity contribution < 1.29 is 18.7 Å². The van der Waals surface area contributed by atoms with Crippen molar-refractivity contribution in [2.75, 3.05) is 6.73 Å². The molecule has 4 nitrogen and oxygen atoms in total. The molecule has 22 heavy (non-hydrogen) atoms. The number of nitrogens with zero attached hydrogens (tertiary/aromatic N) is 2. The maximum Gasteiger partial charge on any atom is 0.378 e. The van der Waals surface area contributed by atoms with E-state index >= 15 is 0 Å². The van der Waals surface area contributed by atoms with Gasteiger partial charge in [0.05, 0.1) is 6.61 Å². The van der Waals surface area contributed by atoms with Crippen LogP contribution in [-0.4, -0.2) is 17.5 Å². The largest absolute Gasteiger partial charge is 0.392 e. The molecule has 0 aliphatic carbocycles. The van der Waals surface area contributed by atoms with E-state index in [1.165, 1.54) is 6.07 Å². The Hall–Kier alpha value is -2.78. The van der Waals surface area contributed by atoms with Gasteiger partial charge in [0.25, 0.3) is 0 Å². The molecule has 0 radical (unpaired) electrons. The van der Waals surface area contributed by atoms with E-state index in [1.54, 1.807) is 24.3 Å². The average Bonchev–Trinajstić information content (AvgIpc) is 2.55. The number of hydrogen-bond donors (Lipinski definition) is 1. The van der Waals surface area contributed by atoms with Crippen LogP contribution in [0.3, 0.4) is 0 Å². The SMILES string of the molecule is [C-]#[N+]CON=C(c1ccc(CO)cc1)c1ccc(F)c(F)c1. The van der Waals surface area contributed by atoms with Gasteiger partial charge >= 0.3 is 6.73 Å². The van der Waals surface area contributed by atoms with Crippen molar-refractivity contribution in [3.8, 4) is 0 Å². The molecule has 0 heterocycles. The predicted octanol–water partition coefficient (Wildman–Crippen LogP) is 3.10. The molecule has 0 atom stereocenters. The second-order valence-electron chi connectivity index (χ2n) is 4.34. The lowest BCUT2D eigenvalue weighted by molar-refractivity contribution is 0.173. The van der Waals surface area contributed by atoms with Crippen LogP contribution in [0.1, 0.15) is 16.7 Å². The summed E-state index contributed by atoms with van der Waals surface area (Å²) in [7, 11) is 0. The number of benzene rings is 2. The van der Waals surface area contributed by atoms with Gasteiger partial charge < -0.3 is 9.94 Å². The van der Waals surface area contributed by atoms with Gasteiger partial charge in [-0.05, 0) is 23.8 Å². The Kier molecular flexibility index (Phi) is 5.17. The number of aliphatic hydroxyl groups is 1. The summed E-state index contributed by atoms with van der Waals surface area (Å²) < 4.78 is 26.5. The van der Waals surface area contributed by atoms with E-state index in [2.05, 4.69) is 10.0 Å². The summed E-state index contributed by atoms with van der Waals surface area (Å²) in [5.74, 6) is -1.96. The summed E-state index contributed by atoms with van der Waals surface area (Å²) in [6, 6.07) is 10.1. The Morgan fingerprint density at radius 1 is 1.09 bits per heavy atom. The third kappa shape index (κ3) is 3.65. The molecule has 2 aromatic carbocycles. The highest BCUT2D eigenvalue weighted by molar-refractivity contribution is 6.12. The van der Waals surface area contributed by atoms with Crippen LogP contribution in [0, 0.1) is 18.2 Å². The van der Waals surface area contributed by atoms with Gasteiger partial charge in [-0.2, -0.15) is 0 Å². The molecule has 0 aliphatic rings. The third-order valence-corrected chi connectivity index (χ3v) is 2.88. The van der Waals surface area contributed by atoms with E-state index in [1.807, 2.05) is 0 Å². The van der Waals surface area contributed by atoms with Crippen LogP contribution in [0.25, 0.3) is 4.85 Å². The van der Waals surface area contributed by atoms with Crippen molar-refractivity contribution >= 4 is 5.71 Å². The molecular weight excluding hydrogens is 290 g/mol. The van der Waals surface area contributed by atoms with Gasteiger partial charge in [0.1, 0.15) is 5.71 Å². The summed E-state index contributed by atoms with van der Waals surface area (Å²) >= 11 is 0. The minimum Gasteiger partial charge on any atom is -0.392 e. The molecule has 0 bridgehead atoms. The van der Waals surface area contributed by atoms with Crippen molar-refractivity contribution in [1.82, 2.24) is 0 Å². The Labute approximate surface area is 126 Å². The number of halogens is 2. The van der Waals surface area contributed by atoms with Crippen LogP contribution in [0.2, 0.25) is 0 Å². The van der Waals surface area contributed by atoms with Crippen LogP contribution in [0.5, 0.6) is 0 Å². The molecule has 6 heteroatoms. The number of aliphatic hydroxyl groups excluding tert-OH is 1. The molecule has 2 aromatic rings. The Bertz CT molecular complexity index is 722. The quantitative estimate of drug-likeness (QED) is 0.399. The van der Waals surface area contributed by atoms with Gasteiger partial charge in [-0.25, -0.2) is 15.4 Å². The topological polar surface area (TPSA) is 46.2 Å². The Balaban J connectivity index is 2.43. The van der Waals surface area contributed by atoms with Crippen molar-refractivity contribution in [2.24, 2.45) is 5.16 Å². The number of oxime groups is 1. The van der Waals surface area contributed by atoms with E-state index in [0.29, 0.717) is 16.7 Å². The van der Waals surface area contributed by atoms with E-state index in [9.17, 15) is 8.78 Å². The van der Waals surface area contributed by atoms with E-state index in [4.69, 9.17) is 16.5 Å². The molecule has 0 fully saturated rings. The van der Waals surface area contributed by atoms with Gasteiger partial charge in [-0.3, -0.25) is 4.85 Å². The second-order valence-corrected chi connectivity index (χ2v) is 4.34. The van der Waals surface area contributed by atoms with E-state index in [0.717, 1.165) is 12.1 Å². The molecule has 0 spiro atoms. The first kappa shape index (κ1) is 15.6. The van der Waals surface area contributed by atoms with Crippen LogP contribution in [0.15, 0.2) is 47.6 Å². The van der Waals surface area contributed by atoms with Crippen LogP contribution in [0.4, 0.5) is 8.78 Å². The van der Waals surface area contributed by atoms with Crippen LogP contribution in [-0.2, 0) is 11.4 Å². The molecule has 0 amide bonds. The fourth-order valence-electron chi connectivity index (χ4n) is 1.81. The van der Waals surface area contributed by atoms with Crippen molar-refractivity contribution in [3.05, 3.63) is 82.2 Å². The first-order chi connectivity index (χ1) is 10.7. The molecule has 0 saturated heterocycles. The fraction of sp³-hybridized carbons (Fsp3) is 0.125. The lowest BCUT2D eigenvalue weighted by atomic mass is 10.0. The zero-order chi connectivity index (χ0) is 15.9. The Morgan fingerprint density at radius 3 is 2.36 bits per heavy atom. The number of rotatable bonds is 5. The molecule has 0 saturated carbocycles.